The Morgan fingerprint density at radius 1 is 1.05 bits per heavy atom. The van der Waals surface area contributed by atoms with Crippen LogP contribution in [0.15, 0.2) is 70.4 Å². The first-order valence-electron chi connectivity index (χ1n) is 11.2. The van der Waals surface area contributed by atoms with Gasteiger partial charge in [0.25, 0.3) is 15.9 Å². The smallest absolute Gasteiger partial charge is 0.302 e. The van der Waals surface area contributed by atoms with Crippen molar-refractivity contribution in [3.05, 3.63) is 66.6 Å². The lowest BCUT2D eigenvalue weighted by Gasteiger charge is -2.17. The average Bonchev–Trinajstić information content (AvgIpc) is 3.43. The second kappa shape index (κ2) is 11.6. The van der Waals surface area contributed by atoms with Crippen LogP contribution in [-0.2, 0) is 19.6 Å². The summed E-state index contributed by atoms with van der Waals surface area (Å²) in [6.07, 6.45) is 2.85. The second-order valence-electron chi connectivity index (χ2n) is 7.76. The van der Waals surface area contributed by atoms with Crippen molar-refractivity contribution < 1.29 is 36.6 Å². The predicted octanol–water partition coefficient (Wildman–Crippen LogP) is 3.98. The van der Waals surface area contributed by atoms with Gasteiger partial charge in [0.15, 0.2) is 16.6 Å². The third kappa shape index (κ3) is 6.56. The van der Waals surface area contributed by atoms with Crippen LogP contribution in [0.2, 0.25) is 0 Å². The number of benzene rings is 1. The van der Waals surface area contributed by atoms with Gasteiger partial charge in [0, 0.05) is 19.2 Å². The lowest BCUT2D eigenvalue weighted by molar-refractivity contribution is -0.141. The van der Waals surface area contributed by atoms with Crippen molar-refractivity contribution in [1.29, 1.82) is 0 Å². The Hall–Kier alpha value is -4.65. The molecule has 198 valence electrons. The number of carbonyl (C=O) groups is 1. The molecule has 1 aromatic carbocycles. The molecule has 0 amide bonds. The first kappa shape index (κ1) is 26.4. The highest BCUT2D eigenvalue weighted by Gasteiger charge is 2.26. The van der Waals surface area contributed by atoms with E-state index in [2.05, 4.69) is 19.7 Å². The molecule has 0 aliphatic carbocycles. The number of aromatic nitrogens is 3. The molecule has 4 rings (SSSR count). The van der Waals surface area contributed by atoms with Crippen molar-refractivity contribution in [3.63, 3.8) is 0 Å². The van der Waals surface area contributed by atoms with Gasteiger partial charge in [-0.3, -0.25) is 9.52 Å². The maximum atomic E-state index is 13.2. The number of esters is 1. The van der Waals surface area contributed by atoms with Crippen molar-refractivity contribution >= 4 is 21.8 Å². The number of pyridine rings is 1. The first-order valence-corrected chi connectivity index (χ1v) is 12.7. The Bertz CT molecular complexity index is 1510. The number of furan rings is 1. The van der Waals surface area contributed by atoms with Gasteiger partial charge in [0.2, 0.25) is 11.6 Å². The maximum absolute atomic E-state index is 13.2. The number of ether oxygens (including phenoxy) is 4. The van der Waals surface area contributed by atoms with Gasteiger partial charge in [0.1, 0.15) is 24.7 Å². The van der Waals surface area contributed by atoms with Crippen LogP contribution >= 0.6 is 0 Å². The van der Waals surface area contributed by atoms with Gasteiger partial charge in [0.05, 0.1) is 13.4 Å². The summed E-state index contributed by atoms with van der Waals surface area (Å²) in [5.74, 6) is 0.0552. The van der Waals surface area contributed by atoms with Crippen molar-refractivity contribution in [3.8, 4) is 34.7 Å². The largest absolute Gasteiger partial charge is 0.497 e. The van der Waals surface area contributed by atoms with E-state index >= 15 is 0 Å². The number of sulfonamides is 1. The number of nitrogens with zero attached hydrogens (tertiary/aromatic N) is 3. The molecule has 0 aliphatic heterocycles. The topological polar surface area (TPSA) is 152 Å². The van der Waals surface area contributed by atoms with Crippen molar-refractivity contribution in [2.24, 2.45) is 0 Å². The number of nitrogens with one attached hydrogen (secondary N) is 1. The molecule has 0 spiro atoms. The molecule has 0 fully saturated rings. The lowest BCUT2D eigenvalue weighted by atomic mass is 10.3. The molecule has 13 heteroatoms. The highest BCUT2D eigenvalue weighted by atomic mass is 32.2. The summed E-state index contributed by atoms with van der Waals surface area (Å²) in [6, 6.07) is 12.8. The van der Waals surface area contributed by atoms with E-state index in [9.17, 15) is 13.2 Å². The van der Waals surface area contributed by atoms with Crippen LogP contribution in [0.25, 0.3) is 11.6 Å². The minimum atomic E-state index is -4.21. The standard InChI is InChI=1S/C25H24N4O8S/c1-16-9-10-21(26-15-16)38(31,32)29-24-22(37-19-7-4-6-18(14-19)33-3)25(36-13-12-34-17(2)30)28-23(27-24)20-8-5-11-35-20/h4-11,14-15H,12-13H2,1-3H3,(H,27,28,29). The van der Waals surface area contributed by atoms with Crippen LogP contribution in [0.5, 0.6) is 23.1 Å². The summed E-state index contributed by atoms with van der Waals surface area (Å²) in [5, 5.41) is -0.231. The van der Waals surface area contributed by atoms with Gasteiger partial charge in [-0.25, -0.2) is 9.97 Å². The molecular weight excluding hydrogens is 516 g/mol. The Kier molecular flexibility index (Phi) is 8.06. The van der Waals surface area contributed by atoms with Gasteiger partial charge in [-0.15, -0.1) is 0 Å². The molecule has 38 heavy (non-hydrogen) atoms. The minimum Gasteiger partial charge on any atom is -0.497 e. The molecule has 12 nitrogen and oxygen atoms in total. The highest BCUT2D eigenvalue weighted by Crippen LogP contribution is 2.39. The fraction of sp³-hybridized carbons (Fsp3) is 0.200. The molecule has 4 aromatic rings. The fourth-order valence-electron chi connectivity index (χ4n) is 3.10. The third-order valence-electron chi connectivity index (χ3n) is 4.86. The molecule has 0 radical (unpaired) electrons. The number of rotatable bonds is 11. The van der Waals surface area contributed by atoms with Gasteiger partial charge in [-0.2, -0.15) is 13.4 Å². The average molecular weight is 541 g/mol. The van der Waals surface area contributed by atoms with E-state index < -0.39 is 16.0 Å². The van der Waals surface area contributed by atoms with Crippen molar-refractivity contribution in [2.75, 3.05) is 25.0 Å². The summed E-state index contributed by atoms with van der Waals surface area (Å²) < 4.78 is 56.2. The number of anilines is 1. The highest BCUT2D eigenvalue weighted by molar-refractivity contribution is 7.92. The number of hydrogen-bond donors (Lipinski definition) is 1. The maximum Gasteiger partial charge on any atom is 0.302 e. The molecule has 0 aliphatic rings. The van der Waals surface area contributed by atoms with E-state index in [1.54, 1.807) is 49.4 Å². The van der Waals surface area contributed by atoms with Crippen molar-refractivity contribution in [2.45, 2.75) is 18.9 Å². The molecule has 3 heterocycles. The molecule has 0 saturated heterocycles. The summed E-state index contributed by atoms with van der Waals surface area (Å²) >= 11 is 0. The van der Waals surface area contributed by atoms with Gasteiger partial charge < -0.3 is 23.4 Å². The fourth-order valence-corrected chi connectivity index (χ4v) is 4.04. The molecular formula is C25H24N4O8S. The van der Waals surface area contributed by atoms with Gasteiger partial charge >= 0.3 is 5.97 Å². The Balaban J connectivity index is 1.81. The number of carbonyl (C=O) groups excluding carboxylic acids is 1. The van der Waals surface area contributed by atoms with Crippen LogP contribution in [0.4, 0.5) is 5.82 Å². The first-order chi connectivity index (χ1) is 18.2. The molecule has 0 atom stereocenters. The molecule has 1 N–H and O–H groups in total. The summed E-state index contributed by atoms with van der Waals surface area (Å²) in [4.78, 5) is 23.9. The monoisotopic (exact) mass is 540 g/mol. The number of methoxy groups -OCH3 is 1. The Morgan fingerprint density at radius 3 is 2.55 bits per heavy atom. The van der Waals surface area contributed by atoms with E-state index in [4.69, 9.17) is 23.4 Å². The van der Waals surface area contributed by atoms with Crippen LogP contribution in [-0.4, -0.2) is 49.7 Å². The van der Waals surface area contributed by atoms with Crippen LogP contribution in [0.1, 0.15) is 12.5 Å². The Labute approximate surface area is 218 Å². The van der Waals surface area contributed by atoms with E-state index in [0.717, 1.165) is 5.56 Å². The Morgan fingerprint density at radius 2 is 1.87 bits per heavy atom. The van der Waals surface area contributed by atoms with Crippen LogP contribution in [0.3, 0.4) is 0 Å². The molecule has 0 bridgehead atoms. The quantitative estimate of drug-likeness (QED) is 0.217. The van der Waals surface area contributed by atoms with E-state index in [1.165, 1.54) is 32.6 Å². The van der Waals surface area contributed by atoms with Crippen molar-refractivity contribution in [1.82, 2.24) is 15.0 Å². The zero-order valence-corrected chi connectivity index (χ0v) is 21.5. The minimum absolute atomic E-state index is 0.0186. The van der Waals surface area contributed by atoms with E-state index in [-0.39, 0.29) is 53.0 Å². The predicted molar refractivity (Wildman–Crippen MR) is 135 cm³/mol. The van der Waals surface area contributed by atoms with Crippen LogP contribution in [0, 0.1) is 6.92 Å². The molecule has 0 saturated carbocycles. The normalized spacial score (nSPS) is 11.0. The SMILES string of the molecule is COc1cccc(Oc2c(NS(=O)(=O)c3ccc(C)cn3)nc(-c3ccco3)nc2OCCOC(C)=O)c1. The second-order valence-corrected chi connectivity index (χ2v) is 9.39. The zero-order chi connectivity index (χ0) is 27.1. The summed E-state index contributed by atoms with van der Waals surface area (Å²) in [6.45, 7) is 2.87. The zero-order valence-electron chi connectivity index (χ0n) is 20.7. The molecule has 3 aromatic heterocycles. The third-order valence-corrected chi connectivity index (χ3v) is 6.11. The summed E-state index contributed by atoms with van der Waals surface area (Å²) in [7, 11) is -2.71. The number of aryl methyl sites for hydroxylation is 1. The lowest BCUT2D eigenvalue weighted by Crippen LogP contribution is -2.17. The number of hydrogen-bond acceptors (Lipinski definition) is 11. The van der Waals surface area contributed by atoms with Gasteiger partial charge in [-0.05, 0) is 42.8 Å². The summed E-state index contributed by atoms with van der Waals surface area (Å²) in [5.41, 5.74) is 0.789. The van der Waals surface area contributed by atoms with E-state index in [0.29, 0.717) is 5.75 Å². The van der Waals surface area contributed by atoms with Gasteiger partial charge in [-0.1, -0.05) is 12.1 Å². The van der Waals surface area contributed by atoms with Crippen LogP contribution < -0.4 is 18.9 Å². The van der Waals surface area contributed by atoms with E-state index in [1.807, 2.05) is 0 Å². The molecule has 0 unspecified atom stereocenters.